The number of nitrogens with zero attached hydrogens (tertiary/aromatic N) is 4. The summed E-state index contributed by atoms with van der Waals surface area (Å²) >= 11 is 0. The summed E-state index contributed by atoms with van der Waals surface area (Å²) in [4.78, 5) is 25.9. The molecule has 0 atom stereocenters. The monoisotopic (exact) mass is 335 g/mol. The van der Waals surface area contributed by atoms with E-state index in [2.05, 4.69) is 20.5 Å². The lowest BCUT2D eigenvalue weighted by atomic mass is 10.1. The van der Waals surface area contributed by atoms with E-state index in [4.69, 9.17) is 0 Å². The molecule has 0 bridgehead atoms. The molecule has 0 aliphatic heterocycles. The fourth-order valence-corrected chi connectivity index (χ4v) is 2.33. The van der Waals surface area contributed by atoms with Gasteiger partial charge in [-0.05, 0) is 6.07 Å². The molecule has 0 aliphatic carbocycles. The lowest BCUT2D eigenvalue weighted by Gasteiger charge is -2.01. The van der Waals surface area contributed by atoms with Crippen molar-refractivity contribution in [3.05, 3.63) is 75.3 Å². The molecule has 0 spiro atoms. The van der Waals surface area contributed by atoms with Crippen molar-refractivity contribution in [3.63, 3.8) is 0 Å². The van der Waals surface area contributed by atoms with Crippen LogP contribution in [0.15, 0.2) is 54.6 Å². The van der Waals surface area contributed by atoms with E-state index < -0.39 is 10.8 Å². The van der Waals surface area contributed by atoms with Gasteiger partial charge in [0.25, 0.3) is 17.4 Å². The van der Waals surface area contributed by atoms with Gasteiger partial charge in [-0.3, -0.25) is 25.3 Å². The summed E-state index contributed by atoms with van der Waals surface area (Å²) in [5.41, 5.74) is 0.676. The van der Waals surface area contributed by atoms with Crippen molar-refractivity contribution in [1.29, 1.82) is 5.39 Å². The Morgan fingerprint density at radius 2 is 1.84 bits per heavy atom. The minimum absolute atomic E-state index is 0.0261. The number of nitrogens with one attached hydrogen (secondary N) is 2. The number of H-pyrrole nitrogens is 1. The Kier molecular flexibility index (Phi) is 4.17. The van der Waals surface area contributed by atoms with Gasteiger partial charge in [0.2, 0.25) is 5.39 Å². The van der Waals surface area contributed by atoms with Crippen molar-refractivity contribution in [2.45, 2.75) is 0 Å². The number of anilines is 1. The van der Waals surface area contributed by atoms with Crippen LogP contribution in [-0.4, -0.2) is 21.0 Å². The Balaban J connectivity index is 1.95. The molecule has 0 fully saturated rings. The average Bonchev–Trinajstić information content (AvgIpc) is 3.04. The van der Waals surface area contributed by atoms with Crippen LogP contribution in [0.4, 0.5) is 17.2 Å². The van der Waals surface area contributed by atoms with Crippen LogP contribution in [-0.2, 0) is 0 Å². The van der Waals surface area contributed by atoms with Crippen molar-refractivity contribution in [3.8, 4) is 11.3 Å². The van der Waals surface area contributed by atoms with Gasteiger partial charge in [0.05, 0.1) is 4.92 Å². The van der Waals surface area contributed by atoms with Crippen molar-refractivity contribution in [1.82, 2.24) is 10.2 Å². The summed E-state index contributed by atoms with van der Waals surface area (Å²) in [6, 6.07) is 14.5. The number of rotatable bonds is 4. The molecule has 122 valence electrons. The second-order valence-corrected chi connectivity index (χ2v) is 4.99. The van der Waals surface area contributed by atoms with Gasteiger partial charge in [-0.2, -0.15) is 0 Å². The van der Waals surface area contributed by atoms with E-state index in [1.165, 1.54) is 24.3 Å². The third-order valence-corrected chi connectivity index (χ3v) is 3.48. The Morgan fingerprint density at radius 1 is 1.16 bits per heavy atom. The maximum atomic E-state index is 12.4. The quantitative estimate of drug-likeness (QED) is 0.426. The van der Waals surface area contributed by atoms with Gasteiger partial charge in [0, 0.05) is 11.6 Å². The Morgan fingerprint density at radius 3 is 2.52 bits per heavy atom. The number of carbonyl (C=O) groups excluding carboxylic acids is 1. The first-order chi connectivity index (χ1) is 12.1. The maximum absolute atomic E-state index is 12.4. The molecule has 25 heavy (non-hydrogen) atoms. The molecule has 2 N–H and O–H groups in total. The lowest BCUT2D eigenvalue weighted by Crippen LogP contribution is -2.14. The van der Waals surface area contributed by atoms with Crippen LogP contribution in [0.25, 0.3) is 16.2 Å². The van der Waals surface area contributed by atoms with Crippen molar-refractivity contribution < 1.29 is 9.72 Å². The summed E-state index contributed by atoms with van der Waals surface area (Å²) < 4.78 is 0. The smallest absolute Gasteiger partial charge is 0.298 e. The Labute approximate surface area is 141 Å². The van der Waals surface area contributed by atoms with E-state index in [0.29, 0.717) is 11.3 Å². The van der Waals surface area contributed by atoms with Crippen molar-refractivity contribution in [2.75, 3.05) is 5.32 Å². The van der Waals surface area contributed by atoms with E-state index >= 15 is 0 Å². The highest BCUT2D eigenvalue weighted by atomic mass is 16.6. The molecule has 3 aromatic rings. The number of nitro groups is 1. The highest BCUT2D eigenvalue weighted by Crippen LogP contribution is 2.35. The second kappa shape index (κ2) is 6.59. The first-order valence-electron chi connectivity index (χ1n) is 7.15. The normalized spacial score (nSPS) is 10.0. The Hall–Kier alpha value is -4.06. The molecule has 9 heteroatoms. The van der Waals surface area contributed by atoms with Crippen LogP contribution in [0, 0.1) is 15.5 Å². The molecule has 2 aromatic carbocycles. The summed E-state index contributed by atoms with van der Waals surface area (Å²) in [5, 5.41) is 29.3. The maximum Gasteiger partial charge on any atom is 0.454 e. The van der Waals surface area contributed by atoms with Crippen molar-refractivity contribution >= 4 is 23.1 Å². The number of benzene rings is 2. The third-order valence-electron chi connectivity index (χ3n) is 3.48. The highest BCUT2D eigenvalue weighted by molar-refractivity contribution is 6.08. The first kappa shape index (κ1) is 15.8. The van der Waals surface area contributed by atoms with Crippen molar-refractivity contribution in [2.24, 2.45) is 0 Å². The first-order valence-corrected chi connectivity index (χ1v) is 7.15. The van der Waals surface area contributed by atoms with E-state index in [-0.39, 0.29) is 22.8 Å². The number of aromatic nitrogens is 2. The number of amides is 1. The third kappa shape index (κ3) is 3.04. The molecule has 0 saturated carbocycles. The number of hydrogen-bond donors (Lipinski definition) is 2. The lowest BCUT2D eigenvalue weighted by molar-refractivity contribution is -0.385. The average molecular weight is 335 g/mol. The molecule has 0 radical (unpaired) electrons. The zero-order valence-corrected chi connectivity index (χ0v) is 12.7. The van der Waals surface area contributed by atoms with Gasteiger partial charge in [0.1, 0.15) is 5.56 Å². The predicted octanol–water partition coefficient (Wildman–Crippen LogP) is 3.72. The molecule has 1 amide bonds. The summed E-state index contributed by atoms with van der Waals surface area (Å²) in [6.07, 6.45) is 0. The zero-order chi connectivity index (χ0) is 17.8. The molecule has 1 aromatic heterocycles. The zero-order valence-electron chi connectivity index (χ0n) is 12.7. The summed E-state index contributed by atoms with van der Waals surface area (Å²) in [5.74, 6) is -0.771. The fourth-order valence-electron chi connectivity index (χ4n) is 2.33. The molecule has 0 saturated heterocycles. The standard InChI is InChI=1S/C16H10N6O3/c17-19-14-13(10-6-2-1-3-7-10)20-21-15(14)18-16(23)11-8-4-5-9-12(11)22(24)25/h1-9,17H/p+1. The number of carbonyl (C=O) groups is 1. The number of nitro benzene ring substituents is 1. The topological polar surface area (TPSA) is 129 Å². The van der Waals surface area contributed by atoms with Gasteiger partial charge >= 0.3 is 5.69 Å². The van der Waals surface area contributed by atoms with Gasteiger partial charge in [-0.25, -0.2) is 0 Å². The van der Waals surface area contributed by atoms with E-state index in [9.17, 15) is 20.3 Å². The largest absolute Gasteiger partial charge is 0.454 e. The Bertz CT molecular complexity index is 991. The van der Waals surface area contributed by atoms with Gasteiger partial charge < -0.3 is 0 Å². The van der Waals surface area contributed by atoms with Crippen LogP contribution in [0.5, 0.6) is 0 Å². The second-order valence-electron chi connectivity index (χ2n) is 4.99. The van der Waals surface area contributed by atoms with Gasteiger partial charge in [-0.15, -0.1) is 5.10 Å². The minimum Gasteiger partial charge on any atom is -0.298 e. The molecule has 9 nitrogen and oxygen atoms in total. The molecule has 0 aliphatic rings. The number of hydrogen-bond acceptors (Lipinski definition) is 5. The summed E-state index contributed by atoms with van der Waals surface area (Å²) in [6.45, 7) is 0. The number of aromatic amines is 1. The molecule has 0 unspecified atom stereocenters. The van der Waals surface area contributed by atoms with Crippen LogP contribution < -0.4 is 5.32 Å². The van der Waals surface area contributed by atoms with E-state index in [1.807, 2.05) is 6.07 Å². The van der Waals surface area contributed by atoms with Crippen LogP contribution >= 0.6 is 0 Å². The van der Waals surface area contributed by atoms with E-state index in [1.54, 1.807) is 24.3 Å². The van der Waals surface area contributed by atoms with Crippen LogP contribution in [0.1, 0.15) is 10.4 Å². The van der Waals surface area contributed by atoms with Crippen LogP contribution in [0.2, 0.25) is 0 Å². The minimum atomic E-state index is -0.733. The molecular formula is C16H11N6O3+. The van der Waals surface area contributed by atoms with Gasteiger partial charge in [-0.1, -0.05) is 42.5 Å². The fraction of sp³-hybridized carbons (Fsp3) is 0. The summed E-state index contributed by atoms with van der Waals surface area (Å²) in [7, 11) is 0. The molecule has 3 rings (SSSR count). The molecule has 1 heterocycles. The SMILES string of the molecule is N#[N+]c1c(NC(=O)c2ccccc2[N+](=O)[O-])n[nH]c1-c1ccccc1. The molecular weight excluding hydrogens is 324 g/mol. The van der Waals surface area contributed by atoms with E-state index in [0.717, 1.165) is 0 Å². The van der Waals surface area contributed by atoms with Gasteiger partial charge in [0.15, 0.2) is 10.7 Å². The number of para-hydroxylation sites is 1. The number of diazo groups is 1. The van der Waals surface area contributed by atoms with Crippen LogP contribution in [0.3, 0.4) is 0 Å². The highest BCUT2D eigenvalue weighted by Gasteiger charge is 2.29. The predicted molar refractivity (Wildman–Crippen MR) is 89.8 cm³/mol.